The summed E-state index contributed by atoms with van der Waals surface area (Å²) in [6.45, 7) is 3.02. The molecule has 0 radical (unpaired) electrons. The molecule has 0 unspecified atom stereocenters. The van der Waals surface area contributed by atoms with Gasteiger partial charge < -0.3 is 9.80 Å². The lowest BCUT2D eigenvalue weighted by Gasteiger charge is -2.37. The summed E-state index contributed by atoms with van der Waals surface area (Å²) in [4.78, 5) is 31.2. The van der Waals surface area contributed by atoms with Crippen LogP contribution in [-0.2, 0) is 17.6 Å². The zero-order valence-electron chi connectivity index (χ0n) is 16.3. The third-order valence-electron chi connectivity index (χ3n) is 6.38. The number of piperazine rings is 1. The highest BCUT2D eigenvalue weighted by Crippen LogP contribution is 2.32. The number of anilines is 1. The van der Waals surface area contributed by atoms with Crippen LogP contribution < -0.4 is 4.90 Å². The fraction of sp³-hybridized carbons (Fsp3) is 0.545. The van der Waals surface area contributed by atoms with Crippen molar-refractivity contribution in [2.24, 2.45) is 5.92 Å². The third kappa shape index (κ3) is 3.36. The first kappa shape index (κ1) is 17.6. The summed E-state index contributed by atoms with van der Waals surface area (Å²) in [6, 6.07) is 5.81. The van der Waals surface area contributed by atoms with E-state index in [1.807, 2.05) is 18.2 Å². The molecule has 2 aromatic heterocycles. The van der Waals surface area contributed by atoms with Crippen molar-refractivity contribution in [1.82, 2.24) is 19.9 Å². The second kappa shape index (κ2) is 7.49. The van der Waals surface area contributed by atoms with Gasteiger partial charge in [-0.15, -0.1) is 0 Å². The molecule has 1 saturated carbocycles. The molecule has 6 nitrogen and oxygen atoms in total. The van der Waals surface area contributed by atoms with Crippen LogP contribution in [0.2, 0.25) is 0 Å². The molecule has 0 bridgehead atoms. The molecular formula is C22H27N5O. The first-order valence-corrected chi connectivity index (χ1v) is 10.6. The second-order valence-electron chi connectivity index (χ2n) is 8.28. The minimum atomic E-state index is 0.239. The Kier molecular flexibility index (Phi) is 4.71. The van der Waals surface area contributed by atoms with Gasteiger partial charge in [-0.1, -0.05) is 18.9 Å². The molecule has 3 heterocycles. The molecule has 28 heavy (non-hydrogen) atoms. The smallest absolute Gasteiger partial charge is 0.242 e. The summed E-state index contributed by atoms with van der Waals surface area (Å²) in [5, 5.41) is 0. The number of nitrogens with zero attached hydrogens (tertiary/aromatic N) is 5. The van der Waals surface area contributed by atoms with Crippen molar-refractivity contribution in [1.29, 1.82) is 0 Å². The van der Waals surface area contributed by atoms with E-state index in [2.05, 4.69) is 14.8 Å². The van der Waals surface area contributed by atoms with Crippen LogP contribution in [0.1, 0.15) is 43.4 Å². The molecule has 5 rings (SSSR count). The van der Waals surface area contributed by atoms with Gasteiger partial charge in [0.25, 0.3) is 0 Å². The van der Waals surface area contributed by atoms with Gasteiger partial charge in [0.2, 0.25) is 5.91 Å². The molecule has 1 amide bonds. The van der Waals surface area contributed by atoms with E-state index in [9.17, 15) is 4.79 Å². The van der Waals surface area contributed by atoms with Crippen molar-refractivity contribution >= 4 is 11.7 Å². The normalized spacial score (nSPS) is 20.1. The average molecular weight is 377 g/mol. The van der Waals surface area contributed by atoms with Crippen LogP contribution in [0, 0.1) is 5.92 Å². The number of amides is 1. The molecule has 2 aromatic rings. The molecule has 1 aliphatic heterocycles. The van der Waals surface area contributed by atoms with E-state index in [1.165, 1.54) is 31.2 Å². The Morgan fingerprint density at radius 1 is 1.04 bits per heavy atom. The van der Waals surface area contributed by atoms with Crippen molar-refractivity contribution < 1.29 is 4.79 Å². The zero-order chi connectivity index (χ0) is 18.9. The Balaban J connectivity index is 1.39. The standard InChI is InChI=1S/C22H27N5O/c28-20-15-27(13-12-26(20)14-16-6-1-2-7-16)22-17-8-5-10-18(17)24-21(25-22)19-9-3-4-11-23-19/h3-4,9,11,16H,1-2,5-8,10,12-15H2. The Morgan fingerprint density at radius 3 is 2.71 bits per heavy atom. The SMILES string of the molecule is O=C1CN(c2nc(-c3ccccn3)nc3c2CCC3)CCN1CC1CCCC1. The number of carbonyl (C=O) groups is 1. The van der Waals surface area contributed by atoms with E-state index < -0.39 is 0 Å². The van der Waals surface area contributed by atoms with E-state index in [-0.39, 0.29) is 5.91 Å². The van der Waals surface area contributed by atoms with Gasteiger partial charge in [-0.3, -0.25) is 9.78 Å². The van der Waals surface area contributed by atoms with Crippen LogP contribution in [0.5, 0.6) is 0 Å². The van der Waals surface area contributed by atoms with Gasteiger partial charge in [-0.25, -0.2) is 9.97 Å². The van der Waals surface area contributed by atoms with Gasteiger partial charge in [-0.2, -0.15) is 0 Å². The van der Waals surface area contributed by atoms with Crippen LogP contribution in [0.3, 0.4) is 0 Å². The van der Waals surface area contributed by atoms with Crippen LogP contribution in [-0.4, -0.2) is 51.9 Å². The molecule has 3 aliphatic rings. The number of aromatic nitrogens is 3. The minimum absolute atomic E-state index is 0.239. The lowest BCUT2D eigenvalue weighted by Crippen LogP contribution is -2.52. The monoisotopic (exact) mass is 377 g/mol. The number of aryl methyl sites for hydroxylation is 1. The van der Waals surface area contributed by atoms with Crippen molar-refractivity contribution in [3.8, 4) is 11.5 Å². The summed E-state index contributed by atoms with van der Waals surface area (Å²) in [6.07, 6.45) is 10.1. The molecule has 0 atom stereocenters. The minimum Gasteiger partial charge on any atom is -0.345 e. The molecule has 0 N–H and O–H groups in total. The summed E-state index contributed by atoms with van der Waals surface area (Å²) in [5.74, 6) is 2.58. The summed E-state index contributed by atoms with van der Waals surface area (Å²) < 4.78 is 0. The maximum absolute atomic E-state index is 12.8. The van der Waals surface area contributed by atoms with Gasteiger partial charge in [-0.05, 0) is 50.2 Å². The van der Waals surface area contributed by atoms with E-state index in [1.54, 1.807) is 6.20 Å². The fourth-order valence-electron chi connectivity index (χ4n) is 4.87. The number of pyridine rings is 1. The van der Waals surface area contributed by atoms with Crippen LogP contribution in [0.4, 0.5) is 5.82 Å². The fourth-order valence-corrected chi connectivity index (χ4v) is 4.87. The highest BCUT2D eigenvalue weighted by molar-refractivity contribution is 5.83. The highest BCUT2D eigenvalue weighted by atomic mass is 16.2. The number of rotatable bonds is 4. The van der Waals surface area contributed by atoms with Gasteiger partial charge in [0.05, 0.1) is 6.54 Å². The Morgan fingerprint density at radius 2 is 1.93 bits per heavy atom. The predicted octanol–water partition coefficient (Wildman–Crippen LogP) is 2.87. The van der Waals surface area contributed by atoms with Crippen molar-refractivity contribution in [3.05, 3.63) is 35.7 Å². The van der Waals surface area contributed by atoms with Gasteiger partial charge in [0.15, 0.2) is 5.82 Å². The number of fused-ring (bicyclic) bond motifs is 1. The maximum Gasteiger partial charge on any atom is 0.242 e. The number of hydrogen-bond acceptors (Lipinski definition) is 5. The average Bonchev–Trinajstić information content (AvgIpc) is 3.41. The van der Waals surface area contributed by atoms with Crippen molar-refractivity contribution in [2.45, 2.75) is 44.9 Å². The lowest BCUT2D eigenvalue weighted by atomic mass is 10.1. The molecular weight excluding hydrogens is 350 g/mol. The summed E-state index contributed by atoms with van der Waals surface area (Å²) in [5.41, 5.74) is 3.16. The zero-order valence-corrected chi connectivity index (χ0v) is 16.3. The van der Waals surface area contributed by atoms with Gasteiger partial charge in [0.1, 0.15) is 11.5 Å². The van der Waals surface area contributed by atoms with Crippen LogP contribution >= 0.6 is 0 Å². The quantitative estimate of drug-likeness (QED) is 0.820. The van der Waals surface area contributed by atoms with Crippen LogP contribution in [0.25, 0.3) is 11.5 Å². The first-order chi connectivity index (χ1) is 13.8. The first-order valence-electron chi connectivity index (χ1n) is 10.6. The molecule has 0 spiro atoms. The van der Waals surface area contributed by atoms with E-state index >= 15 is 0 Å². The third-order valence-corrected chi connectivity index (χ3v) is 6.38. The molecule has 146 valence electrons. The highest BCUT2D eigenvalue weighted by Gasteiger charge is 2.31. The number of hydrogen-bond donors (Lipinski definition) is 0. The second-order valence-corrected chi connectivity index (χ2v) is 8.28. The molecule has 0 aromatic carbocycles. The Bertz CT molecular complexity index is 863. The molecule has 2 aliphatic carbocycles. The topological polar surface area (TPSA) is 62.2 Å². The molecule has 6 heteroatoms. The van der Waals surface area contributed by atoms with Crippen LogP contribution in [0.15, 0.2) is 24.4 Å². The van der Waals surface area contributed by atoms with Crippen molar-refractivity contribution in [2.75, 3.05) is 31.1 Å². The molecule has 1 saturated heterocycles. The van der Waals surface area contributed by atoms with E-state index in [0.29, 0.717) is 18.3 Å². The van der Waals surface area contributed by atoms with Gasteiger partial charge >= 0.3 is 0 Å². The largest absolute Gasteiger partial charge is 0.345 e. The summed E-state index contributed by atoms with van der Waals surface area (Å²) >= 11 is 0. The molecule has 2 fully saturated rings. The Labute approximate surface area is 166 Å². The maximum atomic E-state index is 12.8. The van der Waals surface area contributed by atoms with Gasteiger partial charge in [0, 0.05) is 37.1 Å². The van der Waals surface area contributed by atoms with Crippen molar-refractivity contribution in [3.63, 3.8) is 0 Å². The summed E-state index contributed by atoms with van der Waals surface area (Å²) in [7, 11) is 0. The Hall–Kier alpha value is -2.50. The number of carbonyl (C=O) groups excluding carboxylic acids is 1. The lowest BCUT2D eigenvalue weighted by molar-refractivity contribution is -0.131. The van der Waals surface area contributed by atoms with E-state index in [0.717, 1.165) is 56.1 Å². The predicted molar refractivity (Wildman–Crippen MR) is 108 cm³/mol. The van der Waals surface area contributed by atoms with E-state index in [4.69, 9.17) is 9.97 Å².